The van der Waals surface area contributed by atoms with E-state index in [0.717, 1.165) is 42.9 Å². The summed E-state index contributed by atoms with van der Waals surface area (Å²) in [4.78, 5) is 17.1. The van der Waals surface area contributed by atoms with Gasteiger partial charge in [0.1, 0.15) is 18.2 Å². The highest BCUT2D eigenvalue weighted by atomic mass is 19.1. The first-order chi connectivity index (χ1) is 16.3. The molecular weight excluding hydrogens is 442 g/mol. The summed E-state index contributed by atoms with van der Waals surface area (Å²) < 4.78 is 32.4. The Balaban J connectivity index is 1.50. The number of phenolic OH excluding ortho intramolecular Hbond substituents is 1. The van der Waals surface area contributed by atoms with E-state index in [1.165, 1.54) is 19.2 Å². The highest BCUT2D eigenvalue weighted by Crippen LogP contribution is 2.62. The Kier molecular flexibility index (Phi) is 5.78. The smallest absolute Gasteiger partial charge is 0.160 e. The normalized spacial score (nSPS) is 30.9. The van der Waals surface area contributed by atoms with Gasteiger partial charge in [0.2, 0.25) is 0 Å². The monoisotopic (exact) mass is 470 g/mol. The lowest BCUT2D eigenvalue weighted by atomic mass is 9.55. The van der Waals surface area contributed by atoms with E-state index in [1.807, 2.05) is 6.07 Å². The summed E-state index contributed by atoms with van der Waals surface area (Å²) in [6, 6.07) is 6.60. The fraction of sp³-hybridized carbons (Fsp3) is 0.500. The number of hydrogen-bond donors (Lipinski definition) is 1. The molecule has 2 fully saturated rings. The number of phenols is 1. The number of oxime groups is 1. The summed E-state index contributed by atoms with van der Waals surface area (Å²) in [5, 5.41) is 18.3. The molecule has 5 rings (SSSR count). The van der Waals surface area contributed by atoms with Gasteiger partial charge in [0.15, 0.2) is 11.5 Å². The Morgan fingerprint density at radius 3 is 2.59 bits per heavy atom. The van der Waals surface area contributed by atoms with Crippen molar-refractivity contribution in [1.29, 1.82) is 0 Å². The van der Waals surface area contributed by atoms with Crippen molar-refractivity contribution in [2.75, 3.05) is 7.11 Å². The summed E-state index contributed by atoms with van der Waals surface area (Å²) in [5.41, 5.74) is 2.74. The zero-order chi connectivity index (χ0) is 24.0. The van der Waals surface area contributed by atoms with Crippen molar-refractivity contribution in [2.24, 2.45) is 27.6 Å². The van der Waals surface area contributed by atoms with Crippen molar-refractivity contribution >= 4 is 5.71 Å². The molecule has 1 unspecified atom stereocenters. The second-order valence-electron chi connectivity index (χ2n) is 10.0. The predicted octanol–water partition coefficient (Wildman–Crippen LogP) is 6.05. The van der Waals surface area contributed by atoms with Gasteiger partial charge in [-0.3, -0.25) is 0 Å². The number of halogens is 2. The molecule has 0 bridgehead atoms. The van der Waals surface area contributed by atoms with Crippen LogP contribution < -0.4 is 4.74 Å². The molecular formula is C26H28F2N2O4. The summed E-state index contributed by atoms with van der Waals surface area (Å²) in [7, 11) is 1.52. The van der Waals surface area contributed by atoms with Crippen LogP contribution in [-0.2, 0) is 11.4 Å². The molecule has 34 heavy (non-hydrogen) atoms. The predicted molar refractivity (Wildman–Crippen MR) is 123 cm³/mol. The van der Waals surface area contributed by atoms with E-state index >= 15 is 0 Å². The number of rotatable bonds is 5. The minimum atomic E-state index is -0.671. The van der Waals surface area contributed by atoms with Gasteiger partial charge in [0.25, 0.3) is 0 Å². The SMILES string of the molecule is COc1cc2c(cc1O)C(=NOCc1cc(F)cc(F)c1)C[C@@H]1[C@@H]2CC[C@]2(C)C(N=O)CC[C@@H]12. The Labute approximate surface area is 196 Å². The first-order valence-corrected chi connectivity index (χ1v) is 11.7. The maximum Gasteiger partial charge on any atom is 0.160 e. The lowest BCUT2D eigenvalue weighted by Crippen LogP contribution is -2.44. The van der Waals surface area contributed by atoms with Gasteiger partial charge in [-0.2, -0.15) is 4.91 Å². The topological polar surface area (TPSA) is 80.5 Å². The number of benzene rings is 2. The highest BCUT2D eigenvalue weighted by Gasteiger charge is 2.56. The molecule has 2 aromatic carbocycles. The van der Waals surface area contributed by atoms with Crippen LogP contribution in [0.5, 0.6) is 11.5 Å². The number of fused-ring (bicyclic) bond motifs is 5. The van der Waals surface area contributed by atoms with Gasteiger partial charge in [-0.25, -0.2) is 8.78 Å². The van der Waals surface area contributed by atoms with Crippen LogP contribution in [0.15, 0.2) is 40.7 Å². The zero-order valence-electron chi connectivity index (χ0n) is 19.3. The van der Waals surface area contributed by atoms with E-state index in [1.54, 1.807) is 6.07 Å². The molecule has 6 nitrogen and oxygen atoms in total. The lowest BCUT2D eigenvalue weighted by molar-refractivity contribution is 0.0591. The molecule has 0 saturated heterocycles. The average molecular weight is 471 g/mol. The fourth-order valence-electron chi connectivity index (χ4n) is 6.71. The molecule has 8 heteroatoms. The van der Waals surface area contributed by atoms with Crippen LogP contribution in [0.3, 0.4) is 0 Å². The van der Waals surface area contributed by atoms with E-state index in [0.29, 0.717) is 29.4 Å². The zero-order valence-corrected chi connectivity index (χ0v) is 19.3. The third-order valence-corrected chi connectivity index (χ3v) is 8.33. The van der Waals surface area contributed by atoms with Crippen molar-refractivity contribution in [3.05, 3.63) is 63.6 Å². The molecule has 0 amide bonds. The summed E-state index contributed by atoms with van der Waals surface area (Å²) in [5.74, 6) is -0.0892. The van der Waals surface area contributed by atoms with Crippen LogP contribution >= 0.6 is 0 Å². The van der Waals surface area contributed by atoms with Crippen LogP contribution in [0, 0.1) is 33.8 Å². The maximum absolute atomic E-state index is 13.5. The Hall–Kier alpha value is -3.03. The third-order valence-electron chi connectivity index (χ3n) is 8.33. The van der Waals surface area contributed by atoms with E-state index in [-0.39, 0.29) is 35.6 Å². The first-order valence-electron chi connectivity index (χ1n) is 11.7. The molecule has 0 heterocycles. The number of methoxy groups -OCH3 is 1. The second kappa shape index (κ2) is 8.64. The van der Waals surface area contributed by atoms with Crippen molar-refractivity contribution in [2.45, 2.75) is 57.6 Å². The average Bonchev–Trinajstić information content (AvgIpc) is 3.14. The summed E-state index contributed by atoms with van der Waals surface area (Å²) in [6.07, 6.45) is 4.21. The standard InChI is InChI=1S/C26H28F2N2O4/c1-26-6-5-17-18-12-24(33-2)23(31)11-20(18)22(10-19(17)21(26)3-4-25(26)29-32)30-34-13-14-7-15(27)9-16(28)8-14/h7-9,11-12,17,19,21,25,31H,3-6,10,13H2,1-2H3/t17-,19-,21+,25?,26+/m1/s1. The second-order valence-corrected chi connectivity index (χ2v) is 10.0. The Morgan fingerprint density at radius 2 is 1.88 bits per heavy atom. The molecule has 2 aromatic rings. The Morgan fingerprint density at radius 1 is 1.12 bits per heavy atom. The van der Waals surface area contributed by atoms with Gasteiger partial charge in [-0.05, 0) is 90.7 Å². The van der Waals surface area contributed by atoms with E-state index in [9.17, 15) is 18.8 Å². The molecule has 180 valence electrons. The highest BCUT2D eigenvalue weighted by molar-refractivity contribution is 6.03. The van der Waals surface area contributed by atoms with E-state index in [4.69, 9.17) is 9.57 Å². The van der Waals surface area contributed by atoms with Crippen molar-refractivity contribution < 1.29 is 23.5 Å². The molecule has 0 radical (unpaired) electrons. The minimum absolute atomic E-state index is 0.0198. The van der Waals surface area contributed by atoms with Crippen LogP contribution in [0.2, 0.25) is 0 Å². The van der Waals surface area contributed by atoms with E-state index < -0.39 is 11.6 Å². The molecule has 5 atom stereocenters. The van der Waals surface area contributed by atoms with Crippen molar-refractivity contribution in [3.8, 4) is 11.5 Å². The van der Waals surface area contributed by atoms with Crippen molar-refractivity contribution in [1.82, 2.24) is 0 Å². The van der Waals surface area contributed by atoms with Gasteiger partial charge in [-0.1, -0.05) is 17.3 Å². The Bertz CT molecular complexity index is 1130. The molecule has 0 aromatic heterocycles. The first kappa shape index (κ1) is 22.7. The molecule has 2 saturated carbocycles. The van der Waals surface area contributed by atoms with Crippen LogP contribution in [0.4, 0.5) is 8.78 Å². The van der Waals surface area contributed by atoms with E-state index in [2.05, 4.69) is 17.3 Å². The minimum Gasteiger partial charge on any atom is -0.504 e. The molecule has 3 aliphatic carbocycles. The fourth-order valence-corrected chi connectivity index (χ4v) is 6.71. The molecule has 1 N–H and O–H groups in total. The molecule has 0 aliphatic heterocycles. The van der Waals surface area contributed by atoms with Crippen LogP contribution in [0.1, 0.15) is 61.6 Å². The number of hydrogen-bond acceptors (Lipinski definition) is 6. The largest absolute Gasteiger partial charge is 0.504 e. The van der Waals surface area contributed by atoms with Gasteiger partial charge in [0.05, 0.1) is 18.9 Å². The molecule has 3 aliphatic rings. The number of nitrogens with zero attached hydrogens (tertiary/aromatic N) is 2. The van der Waals surface area contributed by atoms with Gasteiger partial charge >= 0.3 is 0 Å². The number of aromatic hydroxyl groups is 1. The number of nitroso groups, excluding NO2 is 1. The maximum atomic E-state index is 13.5. The van der Waals surface area contributed by atoms with Gasteiger partial charge < -0.3 is 14.7 Å². The van der Waals surface area contributed by atoms with Crippen LogP contribution in [-0.4, -0.2) is 24.0 Å². The lowest BCUT2D eigenvalue weighted by Gasteiger charge is -2.49. The third kappa shape index (κ3) is 3.73. The molecule has 0 spiro atoms. The van der Waals surface area contributed by atoms with Gasteiger partial charge in [-0.15, -0.1) is 0 Å². The number of ether oxygens (including phenoxy) is 1. The quantitative estimate of drug-likeness (QED) is 0.426. The summed E-state index contributed by atoms with van der Waals surface area (Å²) >= 11 is 0. The van der Waals surface area contributed by atoms with Crippen molar-refractivity contribution in [3.63, 3.8) is 0 Å². The van der Waals surface area contributed by atoms with Gasteiger partial charge in [0, 0.05) is 11.6 Å². The summed E-state index contributed by atoms with van der Waals surface area (Å²) in [6.45, 7) is 2.10. The van der Waals surface area contributed by atoms with Crippen LogP contribution in [0.25, 0.3) is 0 Å².